The van der Waals surface area contributed by atoms with Crippen LogP contribution in [-0.2, 0) is 14.5 Å². The predicted molar refractivity (Wildman–Crippen MR) is 72.0 cm³/mol. The molecular weight excluding hydrogens is 264 g/mol. The average molecular weight is 288 g/mol. The first-order valence-corrected chi connectivity index (χ1v) is 6.82. The number of hydroxylamine groups is 2. The van der Waals surface area contributed by atoms with E-state index < -0.39 is 22.3 Å². The Hall–Kier alpha value is -1.37. The third kappa shape index (κ3) is 3.39. The molecule has 0 amide bonds. The third-order valence-electron chi connectivity index (χ3n) is 3.75. The Balaban J connectivity index is 3.00. The second kappa shape index (κ2) is 5.55. The van der Waals surface area contributed by atoms with Gasteiger partial charge < -0.3 is 9.68 Å². The summed E-state index contributed by atoms with van der Waals surface area (Å²) in [5, 5.41) is 11.4. The van der Waals surface area contributed by atoms with E-state index in [2.05, 4.69) is 0 Å². The molecule has 0 radical (unpaired) electrons. The van der Waals surface area contributed by atoms with Crippen LogP contribution < -0.4 is 0 Å². The zero-order valence-electron chi connectivity index (χ0n) is 13.0. The monoisotopic (exact) mass is 288 g/mol. The molecule has 0 N–H and O–H groups in total. The Morgan fingerprint density at radius 3 is 2.35 bits per heavy atom. The Kier molecular flexibility index (Phi) is 4.63. The molecule has 1 aliphatic rings. The van der Waals surface area contributed by atoms with Crippen molar-refractivity contribution in [2.75, 3.05) is 0 Å². The largest absolute Gasteiger partial charge is 0.367 e. The van der Waals surface area contributed by atoms with Gasteiger partial charge in [-0.2, -0.15) is 0 Å². The third-order valence-corrected chi connectivity index (χ3v) is 3.75. The van der Waals surface area contributed by atoms with E-state index in [4.69, 9.17) is 9.68 Å². The first kappa shape index (κ1) is 16.7. The second-order valence-electron chi connectivity index (χ2n) is 6.68. The molecule has 7 nitrogen and oxygen atoms in total. The molecule has 0 spiro atoms. The smallest absolute Gasteiger partial charge is 0.327 e. The van der Waals surface area contributed by atoms with E-state index in [9.17, 15) is 14.9 Å². The van der Waals surface area contributed by atoms with Gasteiger partial charge in [-0.25, -0.2) is 0 Å². The van der Waals surface area contributed by atoms with Gasteiger partial charge >= 0.3 is 5.97 Å². The lowest BCUT2D eigenvalue weighted by Crippen LogP contribution is -2.65. The summed E-state index contributed by atoms with van der Waals surface area (Å²) in [6.07, 6.45) is 0.544. The molecule has 1 heterocycles. The fourth-order valence-corrected chi connectivity index (χ4v) is 2.57. The molecule has 1 fully saturated rings. The van der Waals surface area contributed by atoms with Crippen molar-refractivity contribution in [1.29, 1.82) is 0 Å². The second-order valence-corrected chi connectivity index (χ2v) is 6.68. The molecule has 0 bridgehead atoms. The van der Waals surface area contributed by atoms with Gasteiger partial charge in [0.05, 0.1) is 17.0 Å². The summed E-state index contributed by atoms with van der Waals surface area (Å²) in [4.78, 5) is 32.7. The van der Waals surface area contributed by atoms with E-state index in [1.54, 1.807) is 32.8 Å². The molecule has 0 aromatic rings. The van der Waals surface area contributed by atoms with E-state index in [0.717, 1.165) is 0 Å². The van der Waals surface area contributed by atoms with E-state index >= 15 is 0 Å². The Morgan fingerprint density at radius 2 is 1.90 bits per heavy atom. The maximum Gasteiger partial charge on any atom is 0.327 e. The first-order valence-electron chi connectivity index (χ1n) is 6.82. The van der Waals surface area contributed by atoms with Crippen LogP contribution in [0, 0.1) is 16.0 Å². The average Bonchev–Trinajstić information content (AvgIpc) is 2.28. The van der Waals surface area contributed by atoms with Crippen LogP contribution in [0.2, 0.25) is 0 Å². The van der Waals surface area contributed by atoms with Gasteiger partial charge in [-0.3, -0.25) is 4.79 Å². The summed E-state index contributed by atoms with van der Waals surface area (Å²) in [7, 11) is 0. The predicted octanol–water partition coefficient (Wildman–Crippen LogP) is 2.33. The van der Waals surface area contributed by atoms with Crippen molar-refractivity contribution in [3.8, 4) is 0 Å². The van der Waals surface area contributed by atoms with Crippen molar-refractivity contribution in [3.05, 3.63) is 10.1 Å². The molecule has 20 heavy (non-hydrogen) atoms. The summed E-state index contributed by atoms with van der Waals surface area (Å²) in [5.41, 5.74) is -1.18. The minimum atomic E-state index is -0.785. The number of carbonyl (C=O) groups excluding carboxylic acids is 1. The molecule has 116 valence electrons. The highest BCUT2D eigenvalue weighted by Gasteiger charge is 2.51. The lowest BCUT2D eigenvalue weighted by Gasteiger charge is -2.53. The highest BCUT2D eigenvalue weighted by Crippen LogP contribution is 2.40. The molecule has 7 heteroatoms. The molecule has 0 aromatic heterocycles. The van der Waals surface area contributed by atoms with Crippen LogP contribution in [0.3, 0.4) is 0 Å². The lowest BCUT2D eigenvalue weighted by atomic mass is 9.80. The number of nitrogens with zero attached hydrogens (tertiary/aromatic N) is 2. The Bertz CT molecular complexity index is 392. The maximum atomic E-state index is 11.9. The summed E-state index contributed by atoms with van der Waals surface area (Å²) in [6.45, 7) is 11.0. The van der Waals surface area contributed by atoms with Crippen molar-refractivity contribution in [2.45, 2.75) is 71.6 Å². The standard InChI is InChI=1S/C13H24N2O5/c1-9(2)11(16)20-14-12(3,4)8-7-10(13(14,5)6)19-15(17)18/h9-10H,7-8H2,1-6H3. The van der Waals surface area contributed by atoms with E-state index in [1.807, 2.05) is 13.8 Å². The van der Waals surface area contributed by atoms with Crippen molar-refractivity contribution in [1.82, 2.24) is 5.06 Å². The van der Waals surface area contributed by atoms with Gasteiger partial charge in [-0.05, 0) is 40.5 Å². The van der Waals surface area contributed by atoms with Gasteiger partial charge in [-0.15, -0.1) is 15.2 Å². The van der Waals surface area contributed by atoms with Gasteiger partial charge in [-0.1, -0.05) is 13.8 Å². The summed E-state index contributed by atoms with van der Waals surface area (Å²) in [5.74, 6) is -0.619. The van der Waals surface area contributed by atoms with Crippen LogP contribution in [0.15, 0.2) is 0 Å². The van der Waals surface area contributed by atoms with Crippen LogP contribution in [0.5, 0.6) is 0 Å². The Labute approximate surface area is 119 Å². The topological polar surface area (TPSA) is 81.9 Å². The van der Waals surface area contributed by atoms with E-state index in [0.29, 0.717) is 12.8 Å². The summed E-state index contributed by atoms with van der Waals surface area (Å²) in [6, 6.07) is 0. The highest BCUT2D eigenvalue weighted by molar-refractivity contribution is 5.71. The minimum absolute atomic E-state index is 0.265. The molecule has 1 saturated heterocycles. The Morgan fingerprint density at radius 1 is 1.35 bits per heavy atom. The quantitative estimate of drug-likeness (QED) is 0.583. The number of carbonyl (C=O) groups is 1. The molecule has 1 aliphatic heterocycles. The van der Waals surface area contributed by atoms with Crippen molar-refractivity contribution in [2.24, 2.45) is 5.92 Å². The van der Waals surface area contributed by atoms with Crippen LogP contribution >= 0.6 is 0 Å². The number of rotatable bonds is 4. The number of piperidine rings is 1. The zero-order valence-corrected chi connectivity index (χ0v) is 13.0. The highest BCUT2D eigenvalue weighted by atomic mass is 17.0. The van der Waals surface area contributed by atoms with Gasteiger partial charge in [0, 0.05) is 0 Å². The molecular formula is C13H24N2O5. The van der Waals surface area contributed by atoms with Crippen LogP contribution in [0.1, 0.15) is 54.4 Å². The van der Waals surface area contributed by atoms with Crippen LogP contribution in [0.4, 0.5) is 0 Å². The normalized spacial score (nSPS) is 25.2. The fraction of sp³-hybridized carbons (Fsp3) is 0.923. The summed E-state index contributed by atoms with van der Waals surface area (Å²) >= 11 is 0. The number of hydrogen-bond acceptors (Lipinski definition) is 6. The van der Waals surface area contributed by atoms with Crippen LogP contribution in [0.25, 0.3) is 0 Å². The van der Waals surface area contributed by atoms with E-state index in [-0.39, 0.29) is 11.9 Å². The summed E-state index contributed by atoms with van der Waals surface area (Å²) < 4.78 is 0. The molecule has 1 rings (SSSR count). The molecule has 0 saturated carbocycles. The molecule has 1 atom stereocenters. The minimum Gasteiger partial charge on any atom is -0.367 e. The van der Waals surface area contributed by atoms with Crippen molar-refractivity contribution >= 4 is 5.97 Å². The molecule has 0 aliphatic carbocycles. The van der Waals surface area contributed by atoms with Gasteiger partial charge in [0.15, 0.2) is 0 Å². The number of hydrogen-bond donors (Lipinski definition) is 0. The van der Waals surface area contributed by atoms with Crippen LogP contribution in [-0.4, -0.2) is 33.3 Å². The van der Waals surface area contributed by atoms with E-state index in [1.165, 1.54) is 0 Å². The first-order chi connectivity index (χ1) is 8.98. The lowest BCUT2D eigenvalue weighted by molar-refractivity contribution is -0.773. The molecule has 1 unspecified atom stereocenters. The van der Waals surface area contributed by atoms with Gasteiger partial charge in [0.2, 0.25) is 0 Å². The fourth-order valence-electron chi connectivity index (χ4n) is 2.57. The molecule has 0 aromatic carbocycles. The SMILES string of the molecule is CC(C)C(=O)ON1C(C)(C)CCC(O[N+](=O)[O-])C1(C)C. The maximum absolute atomic E-state index is 11.9. The van der Waals surface area contributed by atoms with Gasteiger partial charge in [0.25, 0.3) is 5.09 Å². The van der Waals surface area contributed by atoms with Gasteiger partial charge in [0.1, 0.15) is 6.10 Å². The zero-order chi connectivity index (χ0) is 15.7. The van der Waals surface area contributed by atoms with Crippen molar-refractivity contribution < 1.29 is 19.6 Å². The van der Waals surface area contributed by atoms with Crippen molar-refractivity contribution in [3.63, 3.8) is 0 Å².